The number of halogens is 2. The first kappa shape index (κ1) is 12.2. The summed E-state index contributed by atoms with van der Waals surface area (Å²) in [6.45, 7) is -0.146. The minimum atomic E-state index is -1.33. The van der Waals surface area contributed by atoms with Crippen molar-refractivity contribution in [3.05, 3.63) is 33.9 Å². The third-order valence-electron chi connectivity index (χ3n) is 2.79. The SMILES string of the molecule is O=C(O)C1CN(c2c([N+](=O)[O-])ccc(F)c2F)C1. The number of carboxylic acids is 1. The summed E-state index contributed by atoms with van der Waals surface area (Å²) in [6.07, 6.45) is 0. The van der Waals surface area contributed by atoms with Gasteiger partial charge in [0.05, 0.1) is 10.8 Å². The molecule has 1 heterocycles. The van der Waals surface area contributed by atoms with E-state index in [1.54, 1.807) is 0 Å². The third kappa shape index (κ3) is 1.85. The van der Waals surface area contributed by atoms with E-state index in [0.29, 0.717) is 6.07 Å². The Morgan fingerprint density at radius 2 is 2.06 bits per heavy atom. The summed E-state index contributed by atoms with van der Waals surface area (Å²) >= 11 is 0. The lowest BCUT2D eigenvalue weighted by Crippen LogP contribution is -2.51. The summed E-state index contributed by atoms with van der Waals surface area (Å²) in [7, 11) is 0. The molecule has 1 aliphatic heterocycles. The summed E-state index contributed by atoms with van der Waals surface area (Å²) in [6, 6.07) is 1.53. The van der Waals surface area contributed by atoms with Gasteiger partial charge >= 0.3 is 5.97 Å². The molecular formula is C10H8F2N2O4. The molecule has 1 N–H and O–H groups in total. The zero-order valence-corrected chi connectivity index (χ0v) is 8.97. The average Bonchev–Trinajstić information content (AvgIpc) is 2.21. The van der Waals surface area contributed by atoms with Crippen LogP contribution in [0.1, 0.15) is 0 Å². The number of carbonyl (C=O) groups is 1. The molecule has 8 heteroatoms. The summed E-state index contributed by atoms with van der Waals surface area (Å²) in [5.41, 5.74) is -1.06. The molecule has 1 aromatic carbocycles. The highest BCUT2D eigenvalue weighted by molar-refractivity contribution is 5.76. The molecule has 1 fully saturated rings. The predicted molar refractivity (Wildman–Crippen MR) is 56.4 cm³/mol. The standard InChI is InChI=1S/C10H8F2N2O4/c11-6-1-2-7(14(17)18)9(8(6)12)13-3-5(4-13)10(15)16/h1-2,5H,3-4H2,(H,15,16). The number of nitro groups is 1. The Morgan fingerprint density at radius 3 is 2.56 bits per heavy atom. The van der Waals surface area contributed by atoms with E-state index in [9.17, 15) is 23.7 Å². The molecule has 0 atom stereocenters. The number of aliphatic carboxylic acids is 1. The quantitative estimate of drug-likeness (QED) is 0.654. The zero-order chi connectivity index (χ0) is 13.4. The summed E-state index contributed by atoms with van der Waals surface area (Å²) in [5, 5.41) is 19.4. The molecule has 0 saturated carbocycles. The van der Waals surface area contributed by atoms with Crippen LogP contribution >= 0.6 is 0 Å². The van der Waals surface area contributed by atoms with Crippen LogP contribution < -0.4 is 4.90 Å². The molecule has 2 rings (SSSR count). The van der Waals surface area contributed by atoms with Crippen LogP contribution in [0.15, 0.2) is 12.1 Å². The number of hydrogen-bond acceptors (Lipinski definition) is 4. The molecule has 6 nitrogen and oxygen atoms in total. The molecule has 18 heavy (non-hydrogen) atoms. The van der Waals surface area contributed by atoms with Gasteiger partial charge in [0, 0.05) is 19.2 Å². The van der Waals surface area contributed by atoms with Crippen molar-refractivity contribution in [1.82, 2.24) is 0 Å². The molecule has 0 radical (unpaired) electrons. The van der Waals surface area contributed by atoms with E-state index in [2.05, 4.69) is 0 Å². The van der Waals surface area contributed by atoms with E-state index >= 15 is 0 Å². The monoisotopic (exact) mass is 258 g/mol. The smallest absolute Gasteiger partial charge is 0.310 e. The van der Waals surface area contributed by atoms with Gasteiger partial charge in [-0.05, 0) is 6.07 Å². The zero-order valence-electron chi connectivity index (χ0n) is 8.97. The Morgan fingerprint density at radius 1 is 1.44 bits per heavy atom. The van der Waals surface area contributed by atoms with Gasteiger partial charge < -0.3 is 10.0 Å². The highest BCUT2D eigenvalue weighted by atomic mass is 19.2. The second kappa shape index (κ2) is 4.21. The fourth-order valence-electron chi connectivity index (χ4n) is 1.80. The first-order valence-electron chi connectivity index (χ1n) is 5.02. The van der Waals surface area contributed by atoms with Gasteiger partial charge in [0.2, 0.25) is 0 Å². The Balaban J connectivity index is 2.35. The molecule has 0 unspecified atom stereocenters. The Hall–Kier alpha value is -2.25. The van der Waals surface area contributed by atoms with Crippen molar-refractivity contribution >= 4 is 17.3 Å². The van der Waals surface area contributed by atoms with Crippen LogP contribution in [0.2, 0.25) is 0 Å². The summed E-state index contributed by atoms with van der Waals surface area (Å²) in [5.74, 6) is -4.31. The van der Waals surface area contributed by atoms with E-state index in [1.165, 1.54) is 0 Å². The average molecular weight is 258 g/mol. The van der Waals surface area contributed by atoms with E-state index in [4.69, 9.17) is 5.11 Å². The molecule has 96 valence electrons. The van der Waals surface area contributed by atoms with Crippen molar-refractivity contribution in [3.63, 3.8) is 0 Å². The molecule has 0 amide bonds. The van der Waals surface area contributed by atoms with Gasteiger partial charge in [0.1, 0.15) is 0 Å². The van der Waals surface area contributed by atoms with Crippen molar-refractivity contribution in [3.8, 4) is 0 Å². The molecule has 1 saturated heterocycles. The highest BCUT2D eigenvalue weighted by Gasteiger charge is 2.38. The van der Waals surface area contributed by atoms with Gasteiger partial charge in [-0.3, -0.25) is 14.9 Å². The van der Waals surface area contributed by atoms with Crippen LogP contribution in [0.4, 0.5) is 20.2 Å². The first-order chi connectivity index (χ1) is 8.41. The molecule has 0 aliphatic carbocycles. The first-order valence-corrected chi connectivity index (χ1v) is 5.02. The lowest BCUT2D eigenvalue weighted by Gasteiger charge is -2.38. The van der Waals surface area contributed by atoms with Crippen molar-refractivity contribution in [1.29, 1.82) is 0 Å². The number of nitro benzene ring substituents is 1. The van der Waals surface area contributed by atoms with Crippen molar-refractivity contribution in [2.24, 2.45) is 5.92 Å². The van der Waals surface area contributed by atoms with Gasteiger partial charge in [0.15, 0.2) is 17.3 Å². The maximum absolute atomic E-state index is 13.6. The molecule has 0 aromatic heterocycles. The highest BCUT2D eigenvalue weighted by Crippen LogP contribution is 2.36. The van der Waals surface area contributed by atoms with E-state index in [1.807, 2.05) is 0 Å². The van der Waals surface area contributed by atoms with Gasteiger partial charge in [0.25, 0.3) is 5.69 Å². The van der Waals surface area contributed by atoms with Gasteiger partial charge in [-0.15, -0.1) is 0 Å². The summed E-state index contributed by atoms with van der Waals surface area (Å²) in [4.78, 5) is 21.6. The molecule has 0 bridgehead atoms. The van der Waals surface area contributed by atoms with Crippen LogP contribution in [-0.4, -0.2) is 29.1 Å². The second-order valence-electron chi connectivity index (χ2n) is 3.93. The predicted octanol–water partition coefficient (Wildman–Crippen LogP) is 1.39. The van der Waals surface area contributed by atoms with Crippen molar-refractivity contribution in [2.45, 2.75) is 0 Å². The van der Waals surface area contributed by atoms with Crippen LogP contribution in [0, 0.1) is 27.7 Å². The molecule has 1 aromatic rings. The summed E-state index contributed by atoms with van der Waals surface area (Å²) < 4.78 is 26.6. The van der Waals surface area contributed by atoms with Gasteiger partial charge in [-0.25, -0.2) is 8.78 Å². The fraction of sp³-hybridized carbons (Fsp3) is 0.300. The fourth-order valence-corrected chi connectivity index (χ4v) is 1.80. The third-order valence-corrected chi connectivity index (χ3v) is 2.79. The number of hydrogen-bond donors (Lipinski definition) is 1. The minimum Gasteiger partial charge on any atom is -0.481 e. The van der Waals surface area contributed by atoms with E-state index < -0.39 is 39.8 Å². The number of anilines is 1. The topological polar surface area (TPSA) is 83.7 Å². The molecule has 1 aliphatic rings. The maximum Gasteiger partial charge on any atom is 0.310 e. The van der Waals surface area contributed by atoms with Gasteiger partial charge in [-0.1, -0.05) is 0 Å². The maximum atomic E-state index is 13.6. The lowest BCUT2D eigenvalue weighted by molar-refractivity contribution is -0.384. The molecule has 0 spiro atoms. The Kier molecular flexibility index (Phi) is 2.85. The van der Waals surface area contributed by atoms with Crippen LogP contribution in [0.25, 0.3) is 0 Å². The van der Waals surface area contributed by atoms with Crippen LogP contribution in [0.3, 0.4) is 0 Å². The molecular weight excluding hydrogens is 250 g/mol. The van der Waals surface area contributed by atoms with Crippen molar-refractivity contribution < 1.29 is 23.6 Å². The largest absolute Gasteiger partial charge is 0.481 e. The minimum absolute atomic E-state index is 0.0729. The normalized spacial score (nSPS) is 15.3. The van der Waals surface area contributed by atoms with Crippen LogP contribution in [-0.2, 0) is 4.79 Å². The Labute approximate surface area is 99.6 Å². The van der Waals surface area contributed by atoms with Gasteiger partial charge in [-0.2, -0.15) is 0 Å². The Bertz CT molecular complexity index is 529. The number of nitrogens with zero attached hydrogens (tertiary/aromatic N) is 2. The van der Waals surface area contributed by atoms with E-state index in [0.717, 1.165) is 11.0 Å². The van der Waals surface area contributed by atoms with Crippen LogP contribution in [0.5, 0.6) is 0 Å². The second-order valence-corrected chi connectivity index (χ2v) is 3.93. The van der Waals surface area contributed by atoms with E-state index in [-0.39, 0.29) is 13.1 Å². The number of rotatable bonds is 3. The van der Waals surface area contributed by atoms with Crippen molar-refractivity contribution in [2.75, 3.05) is 18.0 Å². The number of carboxylic acid groups (broad SMARTS) is 1. The lowest BCUT2D eigenvalue weighted by atomic mass is 9.99. The number of benzene rings is 1.